The Kier molecular flexibility index (Phi) is 6.21. The van der Waals surface area contributed by atoms with Gasteiger partial charge < -0.3 is 9.30 Å². The number of methoxy groups -OCH3 is 1. The van der Waals surface area contributed by atoms with E-state index in [-0.39, 0.29) is 5.56 Å². The molecule has 2 aromatic carbocycles. The van der Waals surface area contributed by atoms with Crippen molar-refractivity contribution in [1.82, 2.24) is 25.2 Å². The molecule has 0 aliphatic heterocycles. The van der Waals surface area contributed by atoms with Crippen molar-refractivity contribution in [3.8, 4) is 28.3 Å². The third-order valence-corrected chi connectivity index (χ3v) is 5.33. The number of aryl methyl sites for hydroxylation is 1. The van der Waals surface area contributed by atoms with Crippen LogP contribution in [0.3, 0.4) is 0 Å². The zero-order valence-corrected chi connectivity index (χ0v) is 17.7. The summed E-state index contributed by atoms with van der Waals surface area (Å²) < 4.78 is 7.13. The first-order valence-electron chi connectivity index (χ1n) is 10.4. The number of ether oxygens (including phenoxy) is 1. The number of H-pyrrole nitrogens is 1. The standard InChI is InChI=1S/C24H25N5O2/c1-3-4-7-19-14-20(31-2)15-23(30)29(19)16-17-10-12-18(13-11-17)21-8-5-6-9-22(21)24-25-27-28-26-24/h5-6,8-15H,3-4,7,16H2,1-2H3,(H,25,26,27,28). The predicted molar refractivity (Wildman–Crippen MR) is 120 cm³/mol. The molecule has 0 aliphatic rings. The Labute approximate surface area is 180 Å². The monoisotopic (exact) mass is 415 g/mol. The summed E-state index contributed by atoms with van der Waals surface area (Å²) in [5, 5.41) is 14.4. The van der Waals surface area contributed by atoms with Gasteiger partial charge in [0, 0.05) is 17.3 Å². The van der Waals surface area contributed by atoms with E-state index in [4.69, 9.17) is 4.74 Å². The highest BCUT2D eigenvalue weighted by atomic mass is 16.5. The highest BCUT2D eigenvalue weighted by Gasteiger charge is 2.12. The number of hydrogen-bond donors (Lipinski definition) is 1. The van der Waals surface area contributed by atoms with Crippen LogP contribution >= 0.6 is 0 Å². The Morgan fingerprint density at radius 1 is 1.03 bits per heavy atom. The van der Waals surface area contributed by atoms with Crippen molar-refractivity contribution in [2.75, 3.05) is 7.11 Å². The minimum absolute atomic E-state index is 0.0445. The summed E-state index contributed by atoms with van der Waals surface area (Å²) >= 11 is 0. The van der Waals surface area contributed by atoms with Crippen LogP contribution in [0.4, 0.5) is 0 Å². The second kappa shape index (κ2) is 9.38. The Morgan fingerprint density at radius 2 is 1.81 bits per heavy atom. The molecule has 1 N–H and O–H groups in total. The number of pyridine rings is 1. The van der Waals surface area contributed by atoms with Gasteiger partial charge in [-0.1, -0.05) is 61.9 Å². The highest BCUT2D eigenvalue weighted by Crippen LogP contribution is 2.29. The highest BCUT2D eigenvalue weighted by molar-refractivity contribution is 5.80. The van der Waals surface area contributed by atoms with Crippen LogP contribution in [0.2, 0.25) is 0 Å². The largest absolute Gasteiger partial charge is 0.496 e. The number of benzene rings is 2. The number of rotatable bonds is 8. The normalized spacial score (nSPS) is 10.9. The molecule has 0 aliphatic carbocycles. The van der Waals surface area contributed by atoms with Gasteiger partial charge in [0.25, 0.3) is 5.56 Å². The number of aromatic nitrogens is 5. The van der Waals surface area contributed by atoms with Crippen LogP contribution in [0.1, 0.15) is 31.0 Å². The van der Waals surface area contributed by atoms with E-state index < -0.39 is 0 Å². The lowest BCUT2D eigenvalue weighted by Crippen LogP contribution is -2.23. The first-order valence-corrected chi connectivity index (χ1v) is 10.4. The van der Waals surface area contributed by atoms with Gasteiger partial charge in [0.1, 0.15) is 5.75 Å². The van der Waals surface area contributed by atoms with Crippen molar-refractivity contribution < 1.29 is 4.74 Å². The lowest BCUT2D eigenvalue weighted by atomic mass is 9.98. The van der Waals surface area contributed by atoms with Crippen molar-refractivity contribution in [1.29, 1.82) is 0 Å². The van der Waals surface area contributed by atoms with Crippen molar-refractivity contribution in [2.24, 2.45) is 0 Å². The van der Waals surface area contributed by atoms with Gasteiger partial charge in [-0.25, -0.2) is 0 Å². The lowest BCUT2D eigenvalue weighted by molar-refractivity contribution is 0.411. The first kappa shape index (κ1) is 20.5. The van der Waals surface area contributed by atoms with Gasteiger partial charge in [0.05, 0.1) is 13.7 Å². The average molecular weight is 415 g/mol. The van der Waals surface area contributed by atoms with E-state index in [0.29, 0.717) is 18.1 Å². The van der Waals surface area contributed by atoms with E-state index in [1.807, 2.05) is 34.9 Å². The molecule has 158 valence electrons. The van der Waals surface area contributed by atoms with Crippen molar-refractivity contribution in [3.05, 3.63) is 82.3 Å². The van der Waals surface area contributed by atoms with E-state index in [1.54, 1.807) is 13.2 Å². The van der Waals surface area contributed by atoms with Gasteiger partial charge >= 0.3 is 0 Å². The zero-order chi connectivity index (χ0) is 21.6. The summed E-state index contributed by atoms with van der Waals surface area (Å²) in [6, 6.07) is 19.7. The van der Waals surface area contributed by atoms with Crippen LogP contribution in [0.25, 0.3) is 22.5 Å². The topological polar surface area (TPSA) is 85.7 Å². The van der Waals surface area contributed by atoms with Crippen molar-refractivity contribution >= 4 is 0 Å². The molecule has 2 aromatic heterocycles. The number of hydrogen-bond acceptors (Lipinski definition) is 5. The fourth-order valence-electron chi connectivity index (χ4n) is 3.67. The van der Waals surface area contributed by atoms with Crippen LogP contribution in [0, 0.1) is 0 Å². The SMILES string of the molecule is CCCCc1cc(OC)cc(=O)n1Cc1ccc(-c2ccccc2-c2nn[nH]n2)cc1. The second-order valence-electron chi connectivity index (χ2n) is 7.39. The van der Waals surface area contributed by atoms with Gasteiger partial charge in [0.15, 0.2) is 0 Å². The van der Waals surface area contributed by atoms with Crippen LogP contribution in [-0.4, -0.2) is 32.3 Å². The molecule has 0 saturated heterocycles. The summed E-state index contributed by atoms with van der Waals surface area (Å²) in [6.45, 7) is 2.67. The Bertz CT molecular complexity index is 1200. The molecule has 0 spiro atoms. The van der Waals surface area contributed by atoms with E-state index in [2.05, 4.69) is 51.8 Å². The molecule has 0 unspecified atom stereocenters. The minimum atomic E-state index is -0.0445. The molecular formula is C24H25N5O2. The summed E-state index contributed by atoms with van der Waals surface area (Å²) in [5.41, 5.74) is 5.01. The summed E-state index contributed by atoms with van der Waals surface area (Å²) in [5.74, 6) is 1.17. The molecule has 0 bridgehead atoms. The van der Waals surface area contributed by atoms with Gasteiger partial charge in [0.2, 0.25) is 5.82 Å². The van der Waals surface area contributed by atoms with E-state index >= 15 is 0 Å². The van der Waals surface area contributed by atoms with Crippen LogP contribution in [0.5, 0.6) is 5.75 Å². The molecule has 0 radical (unpaired) electrons. The lowest BCUT2D eigenvalue weighted by Gasteiger charge is -2.15. The maximum atomic E-state index is 12.7. The van der Waals surface area contributed by atoms with Gasteiger partial charge in [-0.05, 0) is 40.8 Å². The molecule has 0 atom stereocenters. The molecule has 31 heavy (non-hydrogen) atoms. The molecule has 7 nitrogen and oxygen atoms in total. The molecule has 2 heterocycles. The van der Waals surface area contributed by atoms with E-state index in [1.165, 1.54) is 0 Å². The number of nitrogens with zero attached hydrogens (tertiary/aromatic N) is 4. The summed E-state index contributed by atoms with van der Waals surface area (Å²) in [7, 11) is 1.59. The van der Waals surface area contributed by atoms with Crippen molar-refractivity contribution in [2.45, 2.75) is 32.7 Å². The fourth-order valence-corrected chi connectivity index (χ4v) is 3.67. The second-order valence-corrected chi connectivity index (χ2v) is 7.39. The molecule has 0 amide bonds. The van der Waals surface area contributed by atoms with Crippen molar-refractivity contribution in [3.63, 3.8) is 0 Å². The first-order chi connectivity index (χ1) is 15.2. The van der Waals surface area contributed by atoms with Crippen LogP contribution in [-0.2, 0) is 13.0 Å². The maximum Gasteiger partial charge on any atom is 0.254 e. The molecule has 0 fully saturated rings. The fraction of sp³-hybridized carbons (Fsp3) is 0.250. The predicted octanol–water partition coefficient (Wildman–Crippen LogP) is 4.09. The molecule has 4 rings (SSSR count). The number of unbranched alkanes of at least 4 members (excludes halogenated alkanes) is 1. The number of tetrazole rings is 1. The Morgan fingerprint density at radius 3 is 2.48 bits per heavy atom. The third kappa shape index (κ3) is 4.55. The molecule has 0 saturated carbocycles. The number of nitrogens with one attached hydrogen (secondary N) is 1. The smallest absolute Gasteiger partial charge is 0.254 e. The Hall–Kier alpha value is -3.74. The maximum absolute atomic E-state index is 12.7. The average Bonchev–Trinajstić information content (AvgIpc) is 3.34. The van der Waals surface area contributed by atoms with Gasteiger partial charge in [-0.15, -0.1) is 10.2 Å². The van der Waals surface area contributed by atoms with E-state index in [0.717, 1.165) is 47.2 Å². The third-order valence-electron chi connectivity index (χ3n) is 5.33. The summed E-state index contributed by atoms with van der Waals surface area (Å²) in [4.78, 5) is 12.7. The molecule has 7 heteroatoms. The van der Waals surface area contributed by atoms with Gasteiger partial charge in [-0.3, -0.25) is 4.79 Å². The van der Waals surface area contributed by atoms with E-state index in [9.17, 15) is 4.79 Å². The van der Waals surface area contributed by atoms with Crippen LogP contribution < -0.4 is 10.3 Å². The molecule has 4 aromatic rings. The number of aromatic amines is 1. The van der Waals surface area contributed by atoms with Gasteiger partial charge in [-0.2, -0.15) is 5.21 Å². The summed E-state index contributed by atoms with van der Waals surface area (Å²) in [6.07, 6.45) is 2.94. The zero-order valence-electron chi connectivity index (χ0n) is 17.7. The Balaban J connectivity index is 1.63. The minimum Gasteiger partial charge on any atom is -0.496 e. The molecular weight excluding hydrogens is 390 g/mol. The van der Waals surface area contributed by atoms with Crippen LogP contribution in [0.15, 0.2) is 65.5 Å². The quantitative estimate of drug-likeness (QED) is 0.468.